The van der Waals surface area contributed by atoms with Gasteiger partial charge in [-0.2, -0.15) is 9.97 Å². The van der Waals surface area contributed by atoms with E-state index in [0.29, 0.717) is 63.4 Å². The Morgan fingerprint density at radius 1 is 0.684 bits per heavy atom. The van der Waals surface area contributed by atoms with Crippen LogP contribution in [0.15, 0.2) is 48.8 Å². The number of nitrogens with zero attached hydrogens (tertiary/aromatic N) is 10. The molecule has 2 saturated heterocycles. The van der Waals surface area contributed by atoms with Gasteiger partial charge in [0.05, 0.1) is 43.7 Å². The van der Waals surface area contributed by atoms with Crippen molar-refractivity contribution in [1.82, 2.24) is 40.4 Å². The highest BCUT2D eigenvalue weighted by Crippen LogP contribution is 2.42. The first-order valence-corrected chi connectivity index (χ1v) is 27.9. The number of benzene rings is 2. The van der Waals surface area contributed by atoms with E-state index in [1.807, 2.05) is 12.3 Å². The van der Waals surface area contributed by atoms with Crippen LogP contribution < -0.4 is 50.8 Å². The number of piperidine rings is 2. The van der Waals surface area contributed by atoms with Crippen molar-refractivity contribution in [2.75, 3.05) is 106 Å². The summed E-state index contributed by atoms with van der Waals surface area (Å²) in [6, 6.07) is 12.1. The average molecular weight is 1070 g/mol. The van der Waals surface area contributed by atoms with Crippen molar-refractivity contribution in [3.63, 3.8) is 0 Å². The Kier molecular flexibility index (Phi) is 19.0. The Labute approximate surface area is 454 Å². The smallest absolute Gasteiger partial charge is 0.251 e. The van der Waals surface area contributed by atoms with E-state index >= 15 is 0 Å². The molecule has 2 aliphatic carbocycles. The second-order valence-electron chi connectivity index (χ2n) is 21.3. The highest BCUT2D eigenvalue weighted by atomic mass is 35.5. The summed E-state index contributed by atoms with van der Waals surface area (Å²) in [6.07, 6.45) is 19.0. The molecule has 20 heteroatoms. The lowest BCUT2D eigenvalue weighted by Gasteiger charge is -2.45. The van der Waals surface area contributed by atoms with Gasteiger partial charge in [-0.25, -0.2) is 9.97 Å². The standard InChI is InChI=1S/C28H39N7O3.C14H21ClN4.C14H21N3O2/c1-5-22-27(37)34(3)23-17-29-28(32-25(23)35(22)20-8-6-7-9-20)31-21-11-10-18(16-24(21)38-4)26(36)30-19-12-14-33(2)15-13-19;1-3-10-9-18(2)12-8-16-14(15)17-13(12)19(10)11-6-4-5-7-11;1-17-7-5-11(6-8-17)16-14(18)10-3-4-12(15)13(9-10)19-2/h10-11,16-17,19-20,22H,5-9,12-15H2,1-4H3,(H,30,36)(H,29,31,32);8,10-11H,3-7,9H2,1-2H3;3-4,9,11H,5-8,15H2,1-2H3,(H,16,18)/t22-;10-;/m11./s1. The number of likely N-dealkylation sites (tertiary alicyclic amines) is 2. The van der Waals surface area contributed by atoms with Crippen LogP contribution in [0.25, 0.3) is 0 Å². The molecule has 2 saturated carbocycles. The molecule has 3 amide bonds. The Morgan fingerprint density at radius 2 is 1.21 bits per heavy atom. The fourth-order valence-electron chi connectivity index (χ4n) is 11.7. The summed E-state index contributed by atoms with van der Waals surface area (Å²) in [4.78, 5) is 69.5. The molecule has 0 bridgehead atoms. The summed E-state index contributed by atoms with van der Waals surface area (Å²) in [6.45, 7) is 9.38. The fraction of sp³-hybridized carbons (Fsp3) is 0.589. The third-order valence-corrected chi connectivity index (χ3v) is 16.4. The maximum absolute atomic E-state index is 13.1. The Balaban J connectivity index is 0.000000168. The highest BCUT2D eigenvalue weighted by Gasteiger charge is 2.41. The maximum atomic E-state index is 13.1. The third-order valence-electron chi connectivity index (χ3n) is 16.2. The second kappa shape index (κ2) is 25.8. The number of rotatable bonds is 12. The molecule has 4 fully saturated rings. The van der Waals surface area contributed by atoms with Gasteiger partial charge in [0.25, 0.3) is 11.8 Å². The molecule has 5 N–H and O–H groups in total. The Hall–Kier alpha value is -6.18. The number of amides is 3. The maximum Gasteiger partial charge on any atom is 0.251 e. The van der Waals surface area contributed by atoms with Crippen LogP contribution in [-0.4, -0.2) is 159 Å². The molecule has 4 aromatic rings. The highest BCUT2D eigenvalue weighted by molar-refractivity contribution is 6.28. The van der Waals surface area contributed by atoms with Crippen LogP contribution in [0.2, 0.25) is 5.28 Å². The van der Waals surface area contributed by atoms with E-state index in [-0.39, 0.29) is 35.8 Å². The number of carbonyl (C=O) groups excluding carboxylic acids is 3. The van der Waals surface area contributed by atoms with Crippen molar-refractivity contribution in [2.45, 2.75) is 140 Å². The Morgan fingerprint density at radius 3 is 1.76 bits per heavy atom. The average Bonchev–Trinajstić information content (AvgIpc) is 4.24. The van der Waals surface area contributed by atoms with E-state index in [9.17, 15) is 14.4 Å². The normalized spacial score (nSPS) is 20.7. The molecule has 0 spiro atoms. The first-order chi connectivity index (χ1) is 36.7. The van der Waals surface area contributed by atoms with Crippen molar-refractivity contribution >= 4 is 69.7 Å². The quantitative estimate of drug-likeness (QED) is 0.0791. The predicted octanol–water partition coefficient (Wildman–Crippen LogP) is 7.77. The number of aromatic nitrogens is 4. The molecule has 2 aromatic carbocycles. The summed E-state index contributed by atoms with van der Waals surface area (Å²) < 4.78 is 10.8. The lowest BCUT2D eigenvalue weighted by atomic mass is 10.0. The van der Waals surface area contributed by atoms with Gasteiger partial charge in [-0.1, -0.05) is 39.5 Å². The lowest BCUT2D eigenvalue weighted by molar-refractivity contribution is -0.120. The number of likely N-dealkylation sites (N-methyl/N-ethyl adjacent to an activating group) is 2. The number of hydrogen-bond donors (Lipinski definition) is 4. The molecule has 0 radical (unpaired) electrons. The topological polar surface area (TPSA) is 203 Å². The third kappa shape index (κ3) is 13.1. The largest absolute Gasteiger partial charge is 0.495 e. The minimum absolute atomic E-state index is 0.0622. The monoisotopic (exact) mass is 1060 g/mol. The van der Waals surface area contributed by atoms with Gasteiger partial charge in [-0.15, -0.1) is 0 Å². The van der Waals surface area contributed by atoms with Crippen molar-refractivity contribution in [3.05, 3.63) is 65.2 Å². The summed E-state index contributed by atoms with van der Waals surface area (Å²) in [7, 11) is 11.2. The molecule has 412 valence electrons. The molecule has 19 nitrogen and oxygen atoms in total. The van der Waals surface area contributed by atoms with Crippen LogP contribution in [0.4, 0.5) is 40.3 Å². The van der Waals surface area contributed by atoms with Crippen LogP contribution >= 0.6 is 11.6 Å². The molecule has 6 heterocycles. The SMILES string of the molecule is CC[C@@H]1C(=O)N(C)c2cnc(Nc3ccc(C(=O)NC4CCN(C)CC4)cc3OC)nc2N1C1CCCC1.CC[C@@H]1CN(C)c2cnc(Cl)nc2N1C1CCCC1.COc1cc(C(=O)NC2CCN(C)CC2)ccc1N. The van der Waals surface area contributed by atoms with Gasteiger partial charge in [0.1, 0.15) is 23.2 Å². The van der Waals surface area contributed by atoms with E-state index in [4.69, 9.17) is 31.8 Å². The summed E-state index contributed by atoms with van der Waals surface area (Å²) in [5.74, 6) is 3.25. The van der Waals surface area contributed by atoms with Gasteiger partial charge in [-0.05, 0) is 152 Å². The molecule has 2 aromatic heterocycles. The van der Waals surface area contributed by atoms with E-state index in [2.05, 4.69) is 90.4 Å². The summed E-state index contributed by atoms with van der Waals surface area (Å²) >= 11 is 6.02. The Bertz CT molecular complexity index is 2620. The number of anilines is 7. The molecule has 2 atom stereocenters. The van der Waals surface area contributed by atoms with Crippen LogP contribution in [0.3, 0.4) is 0 Å². The van der Waals surface area contributed by atoms with Crippen molar-refractivity contribution < 1.29 is 23.9 Å². The van der Waals surface area contributed by atoms with Gasteiger partial charge in [-0.3, -0.25) is 14.4 Å². The summed E-state index contributed by atoms with van der Waals surface area (Å²) in [5.41, 5.74) is 9.93. The van der Waals surface area contributed by atoms with Gasteiger partial charge in [0, 0.05) is 62.0 Å². The summed E-state index contributed by atoms with van der Waals surface area (Å²) in [5, 5.41) is 9.85. The predicted molar refractivity (Wildman–Crippen MR) is 303 cm³/mol. The second-order valence-corrected chi connectivity index (χ2v) is 21.6. The van der Waals surface area contributed by atoms with Gasteiger partial charge in [0.2, 0.25) is 17.1 Å². The van der Waals surface area contributed by atoms with Gasteiger partial charge < -0.3 is 60.6 Å². The molecule has 10 rings (SSSR count). The lowest BCUT2D eigenvalue weighted by Crippen LogP contribution is -2.55. The van der Waals surface area contributed by atoms with Crippen LogP contribution in [0, 0.1) is 0 Å². The minimum atomic E-state index is -0.227. The van der Waals surface area contributed by atoms with E-state index in [1.54, 1.807) is 62.7 Å². The number of methoxy groups -OCH3 is 2. The van der Waals surface area contributed by atoms with Crippen molar-refractivity contribution in [2.24, 2.45) is 0 Å². The van der Waals surface area contributed by atoms with E-state index < -0.39 is 0 Å². The number of hydrogen-bond acceptors (Lipinski definition) is 16. The van der Waals surface area contributed by atoms with Crippen molar-refractivity contribution in [1.29, 1.82) is 0 Å². The zero-order valence-electron chi connectivity index (χ0n) is 46.0. The minimum Gasteiger partial charge on any atom is -0.495 e. The first-order valence-electron chi connectivity index (χ1n) is 27.5. The molecule has 76 heavy (non-hydrogen) atoms. The van der Waals surface area contributed by atoms with E-state index in [1.165, 1.54) is 38.5 Å². The first kappa shape index (κ1) is 56.0. The van der Waals surface area contributed by atoms with E-state index in [0.717, 1.165) is 107 Å². The molecule has 6 aliphatic rings. The van der Waals surface area contributed by atoms with Crippen LogP contribution in [-0.2, 0) is 4.79 Å². The number of halogens is 1. The van der Waals surface area contributed by atoms with Crippen molar-refractivity contribution in [3.8, 4) is 11.5 Å². The number of ether oxygens (including phenoxy) is 2. The van der Waals surface area contributed by atoms with Crippen LogP contribution in [0.1, 0.15) is 124 Å². The molecular weight excluding hydrogens is 984 g/mol. The zero-order chi connectivity index (χ0) is 54.0. The number of nitrogens with one attached hydrogen (secondary N) is 3. The van der Waals surface area contributed by atoms with Gasteiger partial charge in [0.15, 0.2) is 11.6 Å². The zero-order valence-corrected chi connectivity index (χ0v) is 46.7. The number of nitrogens with two attached hydrogens (primary N) is 1. The molecule has 4 aliphatic heterocycles. The molecule has 0 unspecified atom stereocenters. The van der Waals surface area contributed by atoms with Crippen LogP contribution in [0.5, 0.6) is 11.5 Å². The number of nitrogen functional groups attached to an aromatic ring is 1. The fourth-order valence-corrected chi connectivity index (χ4v) is 11.8. The van der Waals surface area contributed by atoms with Gasteiger partial charge >= 0.3 is 0 Å². The molecular formula is C56H81ClN14O5. The number of fused-ring (bicyclic) bond motifs is 2. The number of carbonyl (C=O) groups is 3.